The molecule has 0 spiro atoms. The van der Waals surface area contributed by atoms with E-state index in [-0.39, 0.29) is 13.2 Å². The van der Waals surface area contributed by atoms with Crippen LogP contribution in [0.2, 0.25) is 0 Å². The standard InChI is InChI=1S/C8H18O6S2/c1-15(9,10)13-7-5-3-4-6-8-14-16(2,11)12/h3-8H2,1-2H3. The van der Waals surface area contributed by atoms with Crippen LogP contribution in [-0.2, 0) is 28.6 Å². The van der Waals surface area contributed by atoms with Gasteiger partial charge in [-0.15, -0.1) is 0 Å². The van der Waals surface area contributed by atoms with E-state index in [1.165, 1.54) is 0 Å². The Labute approximate surface area is 97.2 Å². The Balaban J connectivity index is 3.29. The summed E-state index contributed by atoms with van der Waals surface area (Å²) in [6.07, 6.45) is 4.84. The lowest BCUT2D eigenvalue weighted by Crippen LogP contribution is -2.05. The van der Waals surface area contributed by atoms with Gasteiger partial charge in [-0.05, 0) is 12.8 Å². The Kier molecular flexibility index (Phi) is 7.12. The Morgan fingerprint density at radius 2 is 1.00 bits per heavy atom. The summed E-state index contributed by atoms with van der Waals surface area (Å²) in [5, 5.41) is 0. The summed E-state index contributed by atoms with van der Waals surface area (Å²) < 4.78 is 51.3. The van der Waals surface area contributed by atoms with Crippen LogP contribution in [0.25, 0.3) is 0 Å². The molecule has 0 aliphatic carbocycles. The third kappa shape index (κ3) is 13.8. The first-order valence-corrected chi connectivity index (χ1v) is 8.53. The molecule has 16 heavy (non-hydrogen) atoms. The maximum Gasteiger partial charge on any atom is 0.264 e. The average Bonchev–Trinajstić information content (AvgIpc) is 2.06. The number of hydrogen-bond acceptors (Lipinski definition) is 6. The van der Waals surface area contributed by atoms with E-state index in [1.807, 2.05) is 0 Å². The largest absolute Gasteiger partial charge is 0.270 e. The molecule has 0 unspecified atom stereocenters. The predicted molar refractivity (Wildman–Crippen MR) is 60.1 cm³/mol. The van der Waals surface area contributed by atoms with E-state index >= 15 is 0 Å². The molecule has 0 rings (SSSR count). The van der Waals surface area contributed by atoms with Gasteiger partial charge in [0.2, 0.25) is 0 Å². The fraction of sp³-hybridized carbons (Fsp3) is 1.00. The molecule has 0 saturated heterocycles. The van der Waals surface area contributed by atoms with Crippen LogP contribution in [0.15, 0.2) is 0 Å². The van der Waals surface area contributed by atoms with E-state index in [2.05, 4.69) is 8.37 Å². The fourth-order valence-electron chi connectivity index (χ4n) is 0.978. The van der Waals surface area contributed by atoms with E-state index in [1.54, 1.807) is 0 Å². The van der Waals surface area contributed by atoms with Crippen LogP contribution in [0.3, 0.4) is 0 Å². The van der Waals surface area contributed by atoms with Crippen LogP contribution in [0.4, 0.5) is 0 Å². The second-order valence-corrected chi connectivity index (χ2v) is 6.75. The normalized spacial score (nSPS) is 12.9. The minimum atomic E-state index is -3.34. The highest BCUT2D eigenvalue weighted by Gasteiger charge is 2.02. The molecule has 0 N–H and O–H groups in total. The van der Waals surface area contributed by atoms with E-state index in [0.29, 0.717) is 12.8 Å². The van der Waals surface area contributed by atoms with Crippen molar-refractivity contribution in [2.24, 2.45) is 0 Å². The highest BCUT2D eigenvalue weighted by molar-refractivity contribution is 7.86. The number of rotatable bonds is 9. The molecular weight excluding hydrogens is 256 g/mol. The summed E-state index contributed by atoms with van der Waals surface area (Å²) in [5.74, 6) is 0. The number of hydrogen-bond donors (Lipinski definition) is 0. The highest BCUT2D eigenvalue weighted by Crippen LogP contribution is 2.02. The molecule has 0 atom stereocenters. The predicted octanol–water partition coefficient (Wildman–Crippen LogP) is 0.499. The second-order valence-electron chi connectivity index (χ2n) is 3.47. The van der Waals surface area contributed by atoms with Gasteiger partial charge in [-0.2, -0.15) is 16.8 Å². The van der Waals surface area contributed by atoms with Crippen LogP contribution in [0, 0.1) is 0 Å². The molecule has 8 heteroatoms. The molecule has 0 aromatic carbocycles. The van der Waals surface area contributed by atoms with Gasteiger partial charge in [0, 0.05) is 0 Å². The van der Waals surface area contributed by atoms with Crippen LogP contribution in [-0.4, -0.2) is 42.6 Å². The quantitative estimate of drug-likeness (QED) is 0.449. The van der Waals surface area contributed by atoms with Crippen molar-refractivity contribution >= 4 is 20.2 Å². The molecule has 0 fully saturated rings. The summed E-state index contributed by atoms with van der Waals surface area (Å²) in [6, 6.07) is 0. The van der Waals surface area contributed by atoms with Crippen molar-refractivity contribution in [1.29, 1.82) is 0 Å². The van der Waals surface area contributed by atoms with Gasteiger partial charge >= 0.3 is 0 Å². The van der Waals surface area contributed by atoms with Gasteiger partial charge in [0.25, 0.3) is 20.2 Å². The molecule has 0 aliphatic rings. The van der Waals surface area contributed by atoms with Gasteiger partial charge in [0.15, 0.2) is 0 Å². The molecule has 0 aromatic heterocycles. The lowest BCUT2D eigenvalue weighted by atomic mass is 10.2. The Hall–Kier alpha value is -0.180. The molecule has 0 amide bonds. The summed E-state index contributed by atoms with van der Waals surface area (Å²) in [7, 11) is -6.69. The minimum absolute atomic E-state index is 0.172. The molecule has 0 saturated carbocycles. The van der Waals surface area contributed by atoms with Crippen molar-refractivity contribution in [3.8, 4) is 0 Å². The summed E-state index contributed by atoms with van der Waals surface area (Å²) in [6.45, 7) is 0.345. The molecule has 0 aliphatic heterocycles. The average molecular weight is 274 g/mol. The Bertz CT molecular complexity index is 331. The van der Waals surface area contributed by atoms with Crippen molar-refractivity contribution in [3.05, 3.63) is 0 Å². The molecular formula is C8H18O6S2. The van der Waals surface area contributed by atoms with Crippen molar-refractivity contribution in [2.75, 3.05) is 25.7 Å². The molecule has 0 heterocycles. The van der Waals surface area contributed by atoms with Gasteiger partial charge in [-0.3, -0.25) is 8.37 Å². The van der Waals surface area contributed by atoms with Crippen molar-refractivity contribution in [2.45, 2.75) is 25.7 Å². The van der Waals surface area contributed by atoms with E-state index in [4.69, 9.17) is 0 Å². The Morgan fingerprint density at radius 1 is 0.688 bits per heavy atom. The maximum absolute atomic E-state index is 10.6. The maximum atomic E-state index is 10.6. The lowest BCUT2D eigenvalue weighted by molar-refractivity contribution is 0.293. The number of unbranched alkanes of at least 4 members (excludes halogenated alkanes) is 3. The van der Waals surface area contributed by atoms with Gasteiger partial charge in [0.05, 0.1) is 25.7 Å². The Morgan fingerprint density at radius 3 is 1.25 bits per heavy atom. The monoisotopic (exact) mass is 274 g/mol. The minimum Gasteiger partial charge on any atom is -0.270 e. The van der Waals surface area contributed by atoms with Gasteiger partial charge in [-0.1, -0.05) is 12.8 Å². The molecule has 6 nitrogen and oxygen atoms in total. The third-order valence-corrected chi connectivity index (χ3v) is 2.82. The zero-order valence-electron chi connectivity index (χ0n) is 9.51. The first-order chi connectivity index (χ1) is 7.21. The fourth-order valence-corrected chi connectivity index (χ4v) is 1.82. The van der Waals surface area contributed by atoms with Crippen LogP contribution < -0.4 is 0 Å². The van der Waals surface area contributed by atoms with Crippen molar-refractivity contribution in [3.63, 3.8) is 0 Å². The lowest BCUT2D eigenvalue weighted by Gasteiger charge is -2.02. The van der Waals surface area contributed by atoms with Crippen LogP contribution >= 0.6 is 0 Å². The zero-order chi connectivity index (χ0) is 12.7. The molecule has 98 valence electrons. The van der Waals surface area contributed by atoms with Gasteiger partial charge in [-0.25, -0.2) is 0 Å². The van der Waals surface area contributed by atoms with Crippen LogP contribution in [0.5, 0.6) is 0 Å². The van der Waals surface area contributed by atoms with Crippen LogP contribution in [0.1, 0.15) is 25.7 Å². The first-order valence-electron chi connectivity index (χ1n) is 4.89. The SMILES string of the molecule is CS(=O)(=O)OCCCCCCOS(C)(=O)=O. The summed E-state index contributed by atoms with van der Waals surface area (Å²) in [4.78, 5) is 0. The van der Waals surface area contributed by atoms with Gasteiger partial charge in [0.1, 0.15) is 0 Å². The highest BCUT2D eigenvalue weighted by atomic mass is 32.2. The molecule has 0 bridgehead atoms. The summed E-state index contributed by atoms with van der Waals surface area (Å²) in [5.41, 5.74) is 0. The van der Waals surface area contributed by atoms with E-state index in [9.17, 15) is 16.8 Å². The first kappa shape index (κ1) is 15.8. The zero-order valence-corrected chi connectivity index (χ0v) is 11.1. The van der Waals surface area contributed by atoms with Gasteiger partial charge < -0.3 is 0 Å². The second kappa shape index (κ2) is 7.21. The molecule has 0 radical (unpaired) electrons. The summed E-state index contributed by atoms with van der Waals surface area (Å²) >= 11 is 0. The third-order valence-electron chi connectivity index (χ3n) is 1.63. The topological polar surface area (TPSA) is 86.7 Å². The van der Waals surface area contributed by atoms with Crippen molar-refractivity contribution < 1.29 is 25.2 Å². The van der Waals surface area contributed by atoms with E-state index in [0.717, 1.165) is 25.4 Å². The van der Waals surface area contributed by atoms with Crippen molar-refractivity contribution in [1.82, 2.24) is 0 Å². The molecule has 0 aromatic rings. The van der Waals surface area contributed by atoms with E-state index < -0.39 is 20.2 Å². The smallest absolute Gasteiger partial charge is 0.264 e.